The Morgan fingerprint density at radius 1 is 1.50 bits per heavy atom. The molecule has 0 saturated carbocycles. The van der Waals surface area contributed by atoms with Crippen LogP contribution in [0.4, 0.5) is 0 Å². The molecule has 0 saturated heterocycles. The first-order valence-electron chi connectivity index (χ1n) is 5.20. The van der Waals surface area contributed by atoms with E-state index in [1.165, 1.54) is 17.1 Å². The first-order chi connectivity index (χ1) is 8.56. The molecule has 0 atom stereocenters. The standard InChI is InChI=1S/C12H10N4O2/c1-7-11(12(17)18)8(2)16(15-7)10-6-14-4-3-9(10)5-13/h3-4,6H,1-2H3,(H,17,18). The fourth-order valence-electron chi connectivity index (χ4n) is 1.84. The number of carboxylic acids is 1. The molecular formula is C12H10N4O2. The molecule has 90 valence electrons. The molecule has 2 heterocycles. The third-order valence-corrected chi connectivity index (χ3v) is 2.65. The van der Waals surface area contributed by atoms with Crippen LogP contribution in [-0.2, 0) is 0 Å². The second kappa shape index (κ2) is 4.30. The number of carbonyl (C=O) groups is 1. The number of aromatic carboxylic acids is 1. The Hall–Kier alpha value is -2.68. The molecule has 0 bridgehead atoms. The Bertz CT molecular complexity index is 667. The molecule has 6 nitrogen and oxygen atoms in total. The normalized spacial score (nSPS) is 10.1. The molecule has 6 heteroatoms. The van der Waals surface area contributed by atoms with E-state index in [1.807, 2.05) is 6.07 Å². The Kier molecular flexibility index (Phi) is 2.81. The summed E-state index contributed by atoms with van der Waals surface area (Å²) < 4.78 is 1.43. The number of nitrogens with zero attached hydrogens (tertiary/aromatic N) is 4. The second-order valence-corrected chi connectivity index (χ2v) is 3.77. The van der Waals surface area contributed by atoms with Gasteiger partial charge in [0.15, 0.2) is 0 Å². The summed E-state index contributed by atoms with van der Waals surface area (Å²) in [6.45, 7) is 3.27. The van der Waals surface area contributed by atoms with Crippen LogP contribution >= 0.6 is 0 Å². The quantitative estimate of drug-likeness (QED) is 0.860. The number of pyridine rings is 1. The number of aryl methyl sites for hydroxylation is 1. The molecule has 0 aliphatic carbocycles. The maximum atomic E-state index is 11.1. The maximum Gasteiger partial charge on any atom is 0.339 e. The number of rotatable bonds is 2. The molecule has 0 aliphatic rings. The zero-order valence-corrected chi connectivity index (χ0v) is 9.88. The van der Waals surface area contributed by atoms with Crippen molar-refractivity contribution >= 4 is 5.97 Å². The Labute approximate surface area is 103 Å². The van der Waals surface area contributed by atoms with E-state index in [1.54, 1.807) is 19.9 Å². The van der Waals surface area contributed by atoms with Gasteiger partial charge in [0, 0.05) is 6.20 Å². The van der Waals surface area contributed by atoms with Gasteiger partial charge in [0.25, 0.3) is 0 Å². The van der Waals surface area contributed by atoms with Crippen molar-refractivity contribution in [2.45, 2.75) is 13.8 Å². The predicted octanol–water partition coefficient (Wildman–Crippen LogP) is 1.45. The molecule has 18 heavy (non-hydrogen) atoms. The Balaban J connectivity index is 2.70. The van der Waals surface area contributed by atoms with Gasteiger partial charge in [-0.1, -0.05) is 0 Å². The van der Waals surface area contributed by atoms with E-state index in [4.69, 9.17) is 10.4 Å². The first kappa shape index (κ1) is 11.8. The summed E-state index contributed by atoms with van der Waals surface area (Å²) in [5.41, 5.74) is 1.92. The molecule has 2 aromatic heterocycles. The summed E-state index contributed by atoms with van der Waals surface area (Å²) in [6, 6.07) is 3.59. The third-order valence-electron chi connectivity index (χ3n) is 2.65. The van der Waals surface area contributed by atoms with Gasteiger partial charge >= 0.3 is 5.97 Å². The van der Waals surface area contributed by atoms with Gasteiger partial charge in [-0.05, 0) is 19.9 Å². The number of nitriles is 1. The highest BCUT2D eigenvalue weighted by molar-refractivity contribution is 5.90. The highest BCUT2D eigenvalue weighted by Crippen LogP contribution is 2.19. The zero-order valence-electron chi connectivity index (χ0n) is 9.88. The van der Waals surface area contributed by atoms with Crippen LogP contribution in [0.5, 0.6) is 0 Å². The van der Waals surface area contributed by atoms with Gasteiger partial charge in [0.1, 0.15) is 17.3 Å². The van der Waals surface area contributed by atoms with Gasteiger partial charge in [0.05, 0.1) is 23.1 Å². The van der Waals surface area contributed by atoms with E-state index >= 15 is 0 Å². The van der Waals surface area contributed by atoms with E-state index in [-0.39, 0.29) is 5.56 Å². The largest absolute Gasteiger partial charge is 0.478 e. The minimum absolute atomic E-state index is 0.155. The van der Waals surface area contributed by atoms with Gasteiger partial charge in [-0.25, -0.2) is 9.48 Å². The van der Waals surface area contributed by atoms with Crippen molar-refractivity contribution in [3.05, 3.63) is 41.0 Å². The van der Waals surface area contributed by atoms with Crippen LogP contribution in [0.3, 0.4) is 0 Å². The van der Waals surface area contributed by atoms with Crippen LogP contribution in [0.2, 0.25) is 0 Å². The number of hydrogen-bond donors (Lipinski definition) is 1. The van der Waals surface area contributed by atoms with Gasteiger partial charge < -0.3 is 5.11 Å². The summed E-state index contributed by atoms with van der Waals surface area (Å²) in [6.07, 6.45) is 3.00. The molecular weight excluding hydrogens is 232 g/mol. The van der Waals surface area contributed by atoms with Crippen molar-refractivity contribution in [2.24, 2.45) is 0 Å². The first-order valence-corrected chi connectivity index (χ1v) is 5.20. The predicted molar refractivity (Wildman–Crippen MR) is 62.5 cm³/mol. The van der Waals surface area contributed by atoms with E-state index in [9.17, 15) is 4.79 Å². The average molecular weight is 242 g/mol. The van der Waals surface area contributed by atoms with Crippen molar-refractivity contribution in [1.82, 2.24) is 14.8 Å². The molecule has 0 aliphatic heterocycles. The van der Waals surface area contributed by atoms with Crippen LogP contribution in [0.1, 0.15) is 27.3 Å². The summed E-state index contributed by atoms with van der Waals surface area (Å²) in [5, 5.41) is 22.3. The van der Waals surface area contributed by atoms with Crippen molar-refractivity contribution < 1.29 is 9.90 Å². The third kappa shape index (κ3) is 1.72. The van der Waals surface area contributed by atoms with Crippen molar-refractivity contribution in [3.63, 3.8) is 0 Å². The lowest BCUT2D eigenvalue weighted by Crippen LogP contribution is -2.04. The molecule has 0 unspecified atom stereocenters. The van der Waals surface area contributed by atoms with Crippen LogP contribution in [0, 0.1) is 25.2 Å². The van der Waals surface area contributed by atoms with Crippen LogP contribution in [0.15, 0.2) is 18.5 Å². The lowest BCUT2D eigenvalue weighted by Gasteiger charge is -2.05. The summed E-state index contributed by atoms with van der Waals surface area (Å²) in [7, 11) is 0. The van der Waals surface area contributed by atoms with Crippen molar-refractivity contribution in [1.29, 1.82) is 5.26 Å². The van der Waals surface area contributed by atoms with Gasteiger partial charge in [-0.3, -0.25) is 4.98 Å². The van der Waals surface area contributed by atoms with Crippen LogP contribution in [-0.4, -0.2) is 25.8 Å². The minimum Gasteiger partial charge on any atom is -0.478 e. The van der Waals surface area contributed by atoms with E-state index in [0.29, 0.717) is 22.6 Å². The summed E-state index contributed by atoms with van der Waals surface area (Å²) in [5.74, 6) is -1.03. The Morgan fingerprint density at radius 3 is 2.78 bits per heavy atom. The number of carboxylic acid groups (broad SMARTS) is 1. The number of aromatic nitrogens is 3. The molecule has 2 rings (SSSR count). The Morgan fingerprint density at radius 2 is 2.22 bits per heavy atom. The SMILES string of the molecule is Cc1nn(-c2cnccc2C#N)c(C)c1C(=O)O. The molecule has 0 radical (unpaired) electrons. The lowest BCUT2D eigenvalue weighted by molar-refractivity contribution is 0.0695. The van der Waals surface area contributed by atoms with E-state index in [0.717, 1.165) is 0 Å². The van der Waals surface area contributed by atoms with Gasteiger partial charge in [-0.15, -0.1) is 0 Å². The van der Waals surface area contributed by atoms with Gasteiger partial charge in [0.2, 0.25) is 0 Å². The molecule has 0 spiro atoms. The minimum atomic E-state index is -1.03. The monoisotopic (exact) mass is 242 g/mol. The lowest BCUT2D eigenvalue weighted by atomic mass is 10.2. The van der Waals surface area contributed by atoms with E-state index < -0.39 is 5.97 Å². The fourth-order valence-corrected chi connectivity index (χ4v) is 1.84. The molecule has 0 aromatic carbocycles. The maximum absolute atomic E-state index is 11.1. The highest BCUT2D eigenvalue weighted by Gasteiger charge is 2.19. The van der Waals surface area contributed by atoms with Crippen molar-refractivity contribution in [3.8, 4) is 11.8 Å². The van der Waals surface area contributed by atoms with Crippen LogP contribution in [0.25, 0.3) is 5.69 Å². The fraction of sp³-hybridized carbons (Fsp3) is 0.167. The average Bonchev–Trinajstić information content (AvgIpc) is 2.64. The zero-order chi connectivity index (χ0) is 13.3. The van der Waals surface area contributed by atoms with E-state index in [2.05, 4.69) is 10.1 Å². The molecule has 1 N–H and O–H groups in total. The highest BCUT2D eigenvalue weighted by atomic mass is 16.4. The molecule has 0 amide bonds. The molecule has 0 fully saturated rings. The van der Waals surface area contributed by atoms with Crippen molar-refractivity contribution in [2.75, 3.05) is 0 Å². The molecule has 2 aromatic rings. The topological polar surface area (TPSA) is 91.8 Å². The number of hydrogen-bond acceptors (Lipinski definition) is 4. The van der Waals surface area contributed by atoms with Gasteiger partial charge in [-0.2, -0.15) is 10.4 Å². The summed E-state index contributed by atoms with van der Waals surface area (Å²) in [4.78, 5) is 15.0. The summed E-state index contributed by atoms with van der Waals surface area (Å²) >= 11 is 0. The van der Waals surface area contributed by atoms with Crippen LogP contribution < -0.4 is 0 Å². The smallest absolute Gasteiger partial charge is 0.339 e. The second-order valence-electron chi connectivity index (χ2n) is 3.77.